The second-order valence-corrected chi connectivity index (χ2v) is 12.5. The van der Waals surface area contributed by atoms with E-state index in [9.17, 15) is 18.0 Å². The van der Waals surface area contributed by atoms with Gasteiger partial charge in [0.2, 0.25) is 11.8 Å². The Hall–Kier alpha value is -3.56. The third-order valence-corrected chi connectivity index (χ3v) is 8.56. The zero-order valence-corrected chi connectivity index (χ0v) is 25.7. The minimum Gasteiger partial charge on any atom is -0.497 e. The molecule has 0 heterocycles. The van der Waals surface area contributed by atoms with Crippen LogP contribution in [0.15, 0.2) is 77.7 Å². The molecule has 0 saturated carbocycles. The third-order valence-electron chi connectivity index (χ3n) is 6.54. The number of ether oxygens (including phenoxy) is 1. The van der Waals surface area contributed by atoms with E-state index in [1.54, 1.807) is 55.6 Å². The smallest absolute Gasteiger partial charge is 0.264 e. The van der Waals surface area contributed by atoms with Gasteiger partial charge >= 0.3 is 0 Å². The second-order valence-electron chi connectivity index (χ2n) is 10.2. The number of methoxy groups -OCH3 is 1. The van der Waals surface area contributed by atoms with E-state index in [-0.39, 0.29) is 29.0 Å². The van der Waals surface area contributed by atoms with Gasteiger partial charge in [0.25, 0.3) is 10.0 Å². The number of hydrogen-bond donors (Lipinski definition) is 1. The minimum atomic E-state index is -4.17. The third kappa shape index (κ3) is 8.47. The molecule has 0 aliphatic carbocycles. The van der Waals surface area contributed by atoms with Crippen molar-refractivity contribution in [3.05, 3.63) is 88.9 Å². The lowest BCUT2D eigenvalue weighted by atomic mass is 10.1. The highest BCUT2D eigenvalue weighted by atomic mass is 35.5. The topological polar surface area (TPSA) is 96.0 Å². The summed E-state index contributed by atoms with van der Waals surface area (Å²) in [6.07, 6.45) is 0.335. The van der Waals surface area contributed by atoms with Gasteiger partial charge < -0.3 is 15.0 Å². The number of carbonyl (C=O) groups excluding carboxylic acids is 2. The van der Waals surface area contributed by atoms with Crippen molar-refractivity contribution in [3.63, 3.8) is 0 Å². The number of halogens is 1. The van der Waals surface area contributed by atoms with Gasteiger partial charge in [0.15, 0.2) is 0 Å². The number of benzene rings is 3. The maximum absolute atomic E-state index is 14.1. The molecule has 0 aliphatic heterocycles. The number of sulfonamides is 1. The number of carbonyl (C=O) groups is 2. The van der Waals surface area contributed by atoms with Gasteiger partial charge in [0.1, 0.15) is 18.3 Å². The van der Waals surface area contributed by atoms with E-state index in [0.717, 1.165) is 15.4 Å². The lowest BCUT2D eigenvalue weighted by Crippen LogP contribution is -2.52. The molecule has 220 valence electrons. The molecule has 0 radical (unpaired) electrons. The second kappa shape index (κ2) is 14.4. The van der Waals surface area contributed by atoms with Gasteiger partial charge in [0, 0.05) is 18.1 Å². The van der Waals surface area contributed by atoms with Crippen molar-refractivity contribution in [1.82, 2.24) is 10.2 Å². The summed E-state index contributed by atoms with van der Waals surface area (Å²) in [7, 11) is -2.62. The summed E-state index contributed by atoms with van der Waals surface area (Å²) in [5.74, 6) is -0.00477. The Balaban J connectivity index is 2.06. The molecule has 3 aromatic carbocycles. The Morgan fingerprint density at radius 2 is 1.68 bits per heavy atom. The van der Waals surface area contributed by atoms with E-state index in [0.29, 0.717) is 23.7 Å². The van der Waals surface area contributed by atoms with E-state index in [2.05, 4.69) is 5.32 Å². The molecule has 0 fully saturated rings. The Bertz CT molecular complexity index is 1440. The zero-order valence-electron chi connectivity index (χ0n) is 24.1. The van der Waals surface area contributed by atoms with Crippen molar-refractivity contribution in [2.75, 3.05) is 24.5 Å². The van der Waals surface area contributed by atoms with Crippen LogP contribution < -0.4 is 14.4 Å². The van der Waals surface area contributed by atoms with Gasteiger partial charge in [-0.1, -0.05) is 68.3 Å². The van der Waals surface area contributed by atoms with Crippen molar-refractivity contribution in [1.29, 1.82) is 0 Å². The molecule has 0 bridgehead atoms. The molecule has 1 atom stereocenters. The first-order chi connectivity index (χ1) is 19.5. The average molecular weight is 600 g/mol. The summed E-state index contributed by atoms with van der Waals surface area (Å²) in [6, 6.07) is 19.2. The van der Waals surface area contributed by atoms with Gasteiger partial charge in [-0.3, -0.25) is 13.9 Å². The number of nitrogens with zero attached hydrogens (tertiary/aromatic N) is 2. The minimum absolute atomic E-state index is 0.0388. The van der Waals surface area contributed by atoms with Crippen LogP contribution in [0, 0.1) is 12.8 Å². The van der Waals surface area contributed by atoms with Crippen LogP contribution in [0.25, 0.3) is 0 Å². The Kier molecular flexibility index (Phi) is 11.2. The summed E-state index contributed by atoms with van der Waals surface area (Å²) in [6.45, 7) is 7.65. The van der Waals surface area contributed by atoms with Crippen molar-refractivity contribution in [2.45, 2.75) is 51.6 Å². The molecule has 1 unspecified atom stereocenters. The fraction of sp³-hybridized carbons (Fsp3) is 0.355. The molecular weight excluding hydrogens is 562 g/mol. The monoisotopic (exact) mass is 599 g/mol. The highest BCUT2D eigenvalue weighted by Crippen LogP contribution is 2.27. The van der Waals surface area contributed by atoms with Crippen LogP contribution in [0.1, 0.15) is 38.3 Å². The van der Waals surface area contributed by atoms with Crippen molar-refractivity contribution < 1.29 is 22.7 Å². The molecular formula is C31H38ClN3O5S. The van der Waals surface area contributed by atoms with E-state index in [1.807, 2.05) is 33.8 Å². The number of aryl methyl sites for hydroxylation is 1. The maximum Gasteiger partial charge on any atom is 0.264 e. The fourth-order valence-electron chi connectivity index (χ4n) is 4.31. The summed E-state index contributed by atoms with van der Waals surface area (Å²) in [5.41, 5.74) is 1.88. The molecule has 2 amide bonds. The molecule has 1 N–H and O–H groups in total. The van der Waals surface area contributed by atoms with Crippen molar-refractivity contribution in [3.8, 4) is 5.75 Å². The van der Waals surface area contributed by atoms with Crippen LogP contribution in [-0.4, -0.2) is 51.4 Å². The predicted molar refractivity (Wildman–Crippen MR) is 163 cm³/mol. The van der Waals surface area contributed by atoms with Crippen LogP contribution in [0.3, 0.4) is 0 Å². The molecule has 0 spiro atoms. The standard InChI is InChI=1S/C31H38ClN3O5S/c1-6-29(31(37)33-19-22(2)3)34(20-24-9-7-12-27(17-24)40-5)30(36)21-35(26-11-8-10-25(32)18-26)41(38,39)28-15-13-23(4)14-16-28/h7-18,22,29H,6,19-21H2,1-5H3,(H,33,37). The first kappa shape index (κ1) is 32.0. The number of hydrogen-bond acceptors (Lipinski definition) is 5. The molecule has 8 nitrogen and oxygen atoms in total. The Labute approximate surface area is 248 Å². The number of amides is 2. The first-order valence-corrected chi connectivity index (χ1v) is 15.3. The number of anilines is 1. The van der Waals surface area contributed by atoms with Crippen LogP contribution in [0.2, 0.25) is 5.02 Å². The zero-order chi connectivity index (χ0) is 30.2. The van der Waals surface area contributed by atoms with Gasteiger partial charge in [-0.05, 0) is 67.3 Å². The van der Waals surface area contributed by atoms with Gasteiger partial charge in [0.05, 0.1) is 17.7 Å². The van der Waals surface area contributed by atoms with E-state index >= 15 is 0 Å². The highest BCUT2D eigenvalue weighted by molar-refractivity contribution is 7.92. The van der Waals surface area contributed by atoms with Crippen LogP contribution >= 0.6 is 11.6 Å². The summed E-state index contributed by atoms with van der Waals surface area (Å²) in [4.78, 5) is 28.9. The molecule has 0 aromatic heterocycles. The predicted octanol–water partition coefficient (Wildman–Crippen LogP) is 5.43. The van der Waals surface area contributed by atoms with Gasteiger partial charge in [-0.15, -0.1) is 0 Å². The normalized spacial score (nSPS) is 12.1. The molecule has 3 aromatic rings. The Morgan fingerprint density at radius 3 is 2.29 bits per heavy atom. The van der Waals surface area contributed by atoms with Gasteiger partial charge in [-0.25, -0.2) is 8.42 Å². The van der Waals surface area contributed by atoms with Crippen molar-refractivity contribution in [2.24, 2.45) is 5.92 Å². The fourth-order valence-corrected chi connectivity index (χ4v) is 5.90. The van der Waals surface area contributed by atoms with Crippen molar-refractivity contribution >= 4 is 39.1 Å². The summed E-state index contributed by atoms with van der Waals surface area (Å²) >= 11 is 6.23. The van der Waals surface area contributed by atoms with Crippen LogP contribution in [-0.2, 0) is 26.2 Å². The molecule has 10 heteroatoms. The number of nitrogens with one attached hydrogen (secondary N) is 1. The maximum atomic E-state index is 14.1. The molecule has 0 aliphatic rings. The molecule has 41 heavy (non-hydrogen) atoms. The lowest BCUT2D eigenvalue weighted by Gasteiger charge is -2.33. The van der Waals surface area contributed by atoms with E-state index in [4.69, 9.17) is 16.3 Å². The number of rotatable bonds is 13. The first-order valence-electron chi connectivity index (χ1n) is 13.5. The lowest BCUT2D eigenvalue weighted by molar-refractivity contribution is -0.140. The van der Waals surface area contributed by atoms with E-state index < -0.39 is 28.5 Å². The molecule has 0 saturated heterocycles. The Morgan fingerprint density at radius 1 is 1.00 bits per heavy atom. The summed E-state index contributed by atoms with van der Waals surface area (Å²) in [5, 5.41) is 3.25. The van der Waals surface area contributed by atoms with Crippen LogP contribution in [0.4, 0.5) is 5.69 Å². The highest BCUT2D eigenvalue weighted by Gasteiger charge is 2.33. The largest absolute Gasteiger partial charge is 0.497 e. The quantitative estimate of drug-likeness (QED) is 0.283. The SMILES string of the molecule is CCC(C(=O)NCC(C)C)N(Cc1cccc(OC)c1)C(=O)CN(c1cccc(Cl)c1)S(=O)(=O)c1ccc(C)cc1. The van der Waals surface area contributed by atoms with E-state index in [1.165, 1.54) is 23.1 Å². The summed E-state index contributed by atoms with van der Waals surface area (Å²) < 4.78 is 34.2. The molecule has 3 rings (SSSR count). The average Bonchev–Trinajstić information content (AvgIpc) is 2.94. The van der Waals surface area contributed by atoms with Gasteiger partial charge in [-0.2, -0.15) is 0 Å². The van der Waals surface area contributed by atoms with Crippen LogP contribution in [0.5, 0.6) is 5.75 Å².